The standard InChI is InChI=1S/C14H16O3/c1-3-6-15-9-11(2)7-12-4-5-13-14(8-12)17-10-16-13/h3-5,7-8H,1,6,9-10H2,2H3/b11-7+. The van der Waals surface area contributed by atoms with Gasteiger partial charge in [0.15, 0.2) is 11.5 Å². The van der Waals surface area contributed by atoms with Gasteiger partial charge in [0.1, 0.15) is 0 Å². The summed E-state index contributed by atoms with van der Waals surface area (Å²) < 4.78 is 15.9. The molecule has 0 amide bonds. The van der Waals surface area contributed by atoms with Crippen LogP contribution < -0.4 is 9.47 Å². The van der Waals surface area contributed by atoms with Gasteiger partial charge in [0.2, 0.25) is 6.79 Å². The molecule has 90 valence electrons. The van der Waals surface area contributed by atoms with Crippen molar-refractivity contribution in [2.45, 2.75) is 6.92 Å². The van der Waals surface area contributed by atoms with Gasteiger partial charge in [-0.3, -0.25) is 0 Å². The van der Waals surface area contributed by atoms with Gasteiger partial charge in [-0.1, -0.05) is 18.2 Å². The number of rotatable bonds is 5. The minimum Gasteiger partial charge on any atom is -0.454 e. The predicted octanol–water partition coefficient (Wildman–Crippen LogP) is 3.02. The highest BCUT2D eigenvalue weighted by Crippen LogP contribution is 2.33. The Bertz CT molecular complexity index is 435. The van der Waals surface area contributed by atoms with Crippen molar-refractivity contribution >= 4 is 6.08 Å². The van der Waals surface area contributed by atoms with Crippen LogP contribution in [-0.4, -0.2) is 20.0 Å². The molecular formula is C14H16O3. The minimum atomic E-state index is 0.309. The Labute approximate surface area is 101 Å². The fourth-order valence-corrected chi connectivity index (χ4v) is 1.63. The number of hydrogen-bond acceptors (Lipinski definition) is 3. The van der Waals surface area contributed by atoms with Crippen LogP contribution in [0.3, 0.4) is 0 Å². The lowest BCUT2D eigenvalue weighted by Gasteiger charge is -2.03. The summed E-state index contributed by atoms with van der Waals surface area (Å²) in [6, 6.07) is 5.90. The van der Waals surface area contributed by atoms with Gasteiger partial charge in [0, 0.05) is 0 Å². The molecule has 0 aliphatic carbocycles. The van der Waals surface area contributed by atoms with Gasteiger partial charge in [-0.15, -0.1) is 6.58 Å². The van der Waals surface area contributed by atoms with Gasteiger partial charge >= 0.3 is 0 Å². The number of fused-ring (bicyclic) bond motifs is 1. The molecule has 0 saturated heterocycles. The van der Waals surface area contributed by atoms with E-state index in [1.54, 1.807) is 6.08 Å². The first-order valence-corrected chi connectivity index (χ1v) is 5.55. The second-order valence-corrected chi connectivity index (χ2v) is 3.91. The molecule has 0 unspecified atom stereocenters. The first-order chi connectivity index (χ1) is 8.29. The Morgan fingerprint density at radius 2 is 2.24 bits per heavy atom. The minimum absolute atomic E-state index is 0.309. The zero-order valence-electron chi connectivity index (χ0n) is 9.94. The number of hydrogen-bond donors (Lipinski definition) is 0. The Morgan fingerprint density at radius 3 is 3.06 bits per heavy atom. The fourth-order valence-electron chi connectivity index (χ4n) is 1.63. The molecule has 0 N–H and O–H groups in total. The van der Waals surface area contributed by atoms with Crippen LogP contribution in [0.5, 0.6) is 11.5 Å². The first-order valence-electron chi connectivity index (χ1n) is 5.55. The number of ether oxygens (including phenoxy) is 3. The van der Waals surface area contributed by atoms with Crippen LogP contribution in [0, 0.1) is 0 Å². The van der Waals surface area contributed by atoms with Crippen LogP contribution in [0.1, 0.15) is 12.5 Å². The Morgan fingerprint density at radius 1 is 1.41 bits per heavy atom. The summed E-state index contributed by atoms with van der Waals surface area (Å²) in [5, 5.41) is 0. The van der Waals surface area contributed by atoms with Crippen LogP contribution in [0.2, 0.25) is 0 Å². The lowest BCUT2D eigenvalue weighted by molar-refractivity contribution is 0.174. The topological polar surface area (TPSA) is 27.7 Å². The summed E-state index contributed by atoms with van der Waals surface area (Å²) >= 11 is 0. The van der Waals surface area contributed by atoms with Crippen molar-refractivity contribution in [1.29, 1.82) is 0 Å². The maximum absolute atomic E-state index is 5.37. The zero-order chi connectivity index (χ0) is 12.1. The molecule has 1 heterocycles. The highest BCUT2D eigenvalue weighted by atomic mass is 16.7. The van der Waals surface area contributed by atoms with E-state index >= 15 is 0 Å². The third kappa shape index (κ3) is 3.11. The average Bonchev–Trinajstić information content (AvgIpc) is 2.76. The predicted molar refractivity (Wildman–Crippen MR) is 67.2 cm³/mol. The van der Waals surface area contributed by atoms with Gasteiger partial charge in [-0.25, -0.2) is 0 Å². The second kappa shape index (κ2) is 5.55. The summed E-state index contributed by atoms with van der Waals surface area (Å²) in [6.45, 7) is 7.14. The molecule has 17 heavy (non-hydrogen) atoms. The molecule has 0 atom stereocenters. The molecule has 0 radical (unpaired) electrons. The number of benzene rings is 1. The van der Waals surface area contributed by atoms with E-state index in [2.05, 4.69) is 12.7 Å². The lowest BCUT2D eigenvalue weighted by Crippen LogP contribution is -1.95. The van der Waals surface area contributed by atoms with E-state index in [9.17, 15) is 0 Å². The molecule has 1 aromatic rings. The van der Waals surface area contributed by atoms with Crippen LogP contribution in [0.4, 0.5) is 0 Å². The molecule has 1 aliphatic heterocycles. The quantitative estimate of drug-likeness (QED) is 0.577. The van der Waals surface area contributed by atoms with Gasteiger partial charge in [0.05, 0.1) is 13.2 Å². The van der Waals surface area contributed by atoms with Gasteiger partial charge in [0.25, 0.3) is 0 Å². The van der Waals surface area contributed by atoms with Crippen molar-refractivity contribution < 1.29 is 14.2 Å². The highest BCUT2D eigenvalue weighted by molar-refractivity contribution is 5.58. The van der Waals surface area contributed by atoms with Crippen LogP contribution >= 0.6 is 0 Å². The van der Waals surface area contributed by atoms with E-state index in [1.165, 1.54) is 0 Å². The molecule has 0 aromatic heterocycles. The van der Waals surface area contributed by atoms with Crippen molar-refractivity contribution in [3.8, 4) is 11.5 Å². The molecule has 2 rings (SSSR count). The molecular weight excluding hydrogens is 216 g/mol. The summed E-state index contributed by atoms with van der Waals surface area (Å²) in [7, 11) is 0. The fraction of sp³-hybridized carbons (Fsp3) is 0.286. The monoisotopic (exact) mass is 232 g/mol. The first kappa shape index (κ1) is 11.7. The van der Waals surface area contributed by atoms with E-state index < -0.39 is 0 Å². The average molecular weight is 232 g/mol. The van der Waals surface area contributed by atoms with E-state index in [1.807, 2.05) is 25.1 Å². The SMILES string of the molecule is C=CCOC/C(C)=C/c1ccc2c(c1)OCO2. The van der Waals surface area contributed by atoms with E-state index in [4.69, 9.17) is 14.2 Å². The van der Waals surface area contributed by atoms with Crippen molar-refractivity contribution in [1.82, 2.24) is 0 Å². The molecule has 0 spiro atoms. The Hall–Kier alpha value is -1.74. The Kier molecular flexibility index (Phi) is 3.83. The zero-order valence-corrected chi connectivity index (χ0v) is 9.94. The Balaban J connectivity index is 2.02. The largest absolute Gasteiger partial charge is 0.454 e. The molecule has 1 aliphatic rings. The van der Waals surface area contributed by atoms with Crippen LogP contribution in [0.15, 0.2) is 36.4 Å². The maximum atomic E-state index is 5.37. The normalized spacial score (nSPS) is 13.8. The summed E-state index contributed by atoms with van der Waals surface area (Å²) in [4.78, 5) is 0. The molecule has 0 bridgehead atoms. The van der Waals surface area contributed by atoms with E-state index in [-0.39, 0.29) is 0 Å². The van der Waals surface area contributed by atoms with Gasteiger partial charge in [-0.2, -0.15) is 0 Å². The van der Waals surface area contributed by atoms with Crippen molar-refractivity contribution in [3.05, 3.63) is 42.0 Å². The maximum Gasteiger partial charge on any atom is 0.231 e. The van der Waals surface area contributed by atoms with Gasteiger partial charge < -0.3 is 14.2 Å². The molecule has 0 fully saturated rings. The van der Waals surface area contributed by atoms with Crippen molar-refractivity contribution in [3.63, 3.8) is 0 Å². The molecule has 3 nitrogen and oxygen atoms in total. The smallest absolute Gasteiger partial charge is 0.231 e. The summed E-state index contributed by atoms with van der Waals surface area (Å²) in [6.07, 6.45) is 3.82. The summed E-state index contributed by atoms with van der Waals surface area (Å²) in [5.74, 6) is 1.61. The van der Waals surface area contributed by atoms with E-state index in [0.29, 0.717) is 20.0 Å². The lowest BCUT2D eigenvalue weighted by atomic mass is 10.1. The van der Waals surface area contributed by atoms with Gasteiger partial charge in [-0.05, 0) is 30.2 Å². The third-order valence-electron chi connectivity index (χ3n) is 2.38. The highest BCUT2D eigenvalue weighted by Gasteiger charge is 2.12. The molecule has 0 saturated carbocycles. The second-order valence-electron chi connectivity index (χ2n) is 3.91. The van der Waals surface area contributed by atoms with Crippen LogP contribution in [0.25, 0.3) is 6.08 Å². The van der Waals surface area contributed by atoms with Crippen molar-refractivity contribution in [2.75, 3.05) is 20.0 Å². The van der Waals surface area contributed by atoms with Crippen molar-refractivity contribution in [2.24, 2.45) is 0 Å². The van der Waals surface area contributed by atoms with E-state index in [0.717, 1.165) is 22.6 Å². The molecule has 3 heteroatoms. The third-order valence-corrected chi connectivity index (χ3v) is 2.38. The molecule has 1 aromatic carbocycles. The summed E-state index contributed by atoms with van der Waals surface area (Å²) in [5.41, 5.74) is 2.25. The van der Waals surface area contributed by atoms with Crippen LogP contribution in [-0.2, 0) is 4.74 Å².